The zero-order valence-electron chi connectivity index (χ0n) is 10.7. The molecule has 19 heavy (non-hydrogen) atoms. The van der Waals surface area contributed by atoms with E-state index < -0.39 is 0 Å². The molecular weight excluding hydrogens is 264 g/mol. The maximum Gasteiger partial charge on any atom is 0.261 e. The number of rotatable bonds is 5. The molecule has 2 heterocycles. The van der Waals surface area contributed by atoms with Gasteiger partial charge in [-0.05, 0) is 19.1 Å². The zero-order valence-corrected chi connectivity index (χ0v) is 11.6. The van der Waals surface area contributed by atoms with Crippen LogP contribution in [0.1, 0.15) is 15.4 Å². The topological polar surface area (TPSA) is 68.2 Å². The van der Waals surface area contributed by atoms with Crippen molar-refractivity contribution in [1.29, 1.82) is 0 Å². The van der Waals surface area contributed by atoms with Crippen molar-refractivity contribution in [3.63, 3.8) is 0 Å². The lowest BCUT2D eigenvalue weighted by atomic mass is 10.2. The van der Waals surface area contributed by atoms with E-state index in [1.165, 1.54) is 17.5 Å². The number of methoxy groups -OCH3 is 1. The van der Waals surface area contributed by atoms with Gasteiger partial charge in [-0.3, -0.25) is 14.7 Å². The third kappa shape index (κ3) is 3.33. The summed E-state index contributed by atoms with van der Waals surface area (Å²) >= 11 is 1.38. The fourth-order valence-electron chi connectivity index (χ4n) is 1.51. The molecule has 2 rings (SSSR count). The minimum Gasteiger partial charge on any atom is -0.383 e. The highest BCUT2D eigenvalue weighted by atomic mass is 32.1. The van der Waals surface area contributed by atoms with Crippen LogP contribution in [0.15, 0.2) is 24.5 Å². The second-order valence-electron chi connectivity index (χ2n) is 3.79. The maximum absolute atomic E-state index is 12.4. The molecule has 2 aromatic rings. The van der Waals surface area contributed by atoms with Crippen LogP contribution in [0.4, 0.5) is 5.13 Å². The molecule has 0 N–H and O–H groups in total. The molecule has 0 fully saturated rings. The molecule has 0 aromatic carbocycles. The number of carbonyl (C=O) groups is 1. The average molecular weight is 278 g/mol. The normalized spacial score (nSPS) is 10.4. The minimum absolute atomic E-state index is 0.152. The summed E-state index contributed by atoms with van der Waals surface area (Å²) in [5.41, 5.74) is 0.520. The van der Waals surface area contributed by atoms with Crippen molar-refractivity contribution in [2.75, 3.05) is 25.2 Å². The molecule has 2 aromatic heterocycles. The maximum atomic E-state index is 12.4. The quantitative estimate of drug-likeness (QED) is 0.829. The number of hydrogen-bond acceptors (Lipinski definition) is 6. The summed E-state index contributed by atoms with van der Waals surface area (Å²) in [6, 6.07) is 3.45. The summed E-state index contributed by atoms with van der Waals surface area (Å²) in [5.74, 6) is -0.152. The van der Waals surface area contributed by atoms with Crippen LogP contribution >= 0.6 is 11.3 Å². The number of hydrogen-bond donors (Lipinski definition) is 0. The van der Waals surface area contributed by atoms with Crippen LogP contribution in [-0.2, 0) is 4.74 Å². The highest BCUT2D eigenvalue weighted by Crippen LogP contribution is 2.21. The van der Waals surface area contributed by atoms with Gasteiger partial charge in [-0.25, -0.2) is 0 Å². The van der Waals surface area contributed by atoms with Gasteiger partial charge in [-0.15, -0.1) is 10.2 Å². The number of nitrogens with zero attached hydrogens (tertiary/aromatic N) is 4. The molecule has 0 bridgehead atoms. The molecule has 0 spiro atoms. The SMILES string of the molecule is COCCN(C(=O)c1cccnc1)c1nnc(C)s1. The van der Waals surface area contributed by atoms with Gasteiger partial charge in [0.2, 0.25) is 5.13 Å². The third-order valence-electron chi connectivity index (χ3n) is 2.42. The van der Waals surface area contributed by atoms with Gasteiger partial charge in [0.05, 0.1) is 18.7 Å². The van der Waals surface area contributed by atoms with E-state index in [4.69, 9.17) is 4.74 Å². The lowest BCUT2D eigenvalue weighted by Gasteiger charge is -2.18. The lowest BCUT2D eigenvalue weighted by molar-refractivity contribution is 0.0975. The van der Waals surface area contributed by atoms with E-state index in [1.807, 2.05) is 6.92 Å². The van der Waals surface area contributed by atoms with Crippen LogP contribution in [0.3, 0.4) is 0 Å². The van der Waals surface area contributed by atoms with Crippen molar-refractivity contribution < 1.29 is 9.53 Å². The Morgan fingerprint density at radius 2 is 2.32 bits per heavy atom. The fraction of sp³-hybridized carbons (Fsp3) is 0.333. The van der Waals surface area contributed by atoms with E-state index in [0.717, 1.165) is 5.01 Å². The van der Waals surface area contributed by atoms with Crippen LogP contribution in [0.25, 0.3) is 0 Å². The Balaban J connectivity index is 2.25. The number of aryl methyl sites for hydroxylation is 1. The summed E-state index contributed by atoms with van der Waals surface area (Å²) in [4.78, 5) is 17.9. The van der Waals surface area contributed by atoms with Gasteiger partial charge in [-0.2, -0.15) is 0 Å². The molecular formula is C12H14N4O2S. The predicted molar refractivity (Wildman–Crippen MR) is 72.4 cm³/mol. The van der Waals surface area contributed by atoms with E-state index in [-0.39, 0.29) is 5.91 Å². The van der Waals surface area contributed by atoms with E-state index in [1.54, 1.807) is 30.3 Å². The Hall–Kier alpha value is -1.86. The molecule has 100 valence electrons. The highest BCUT2D eigenvalue weighted by Gasteiger charge is 2.20. The average Bonchev–Trinajstić information content (AvgIpc) is 2.86. The first-order chi connectivity index (χ1) is 9.22. The number of carbonyl (C=O) groups excluding carboxylic acids is 1. The summed E-state index contributed by atoms with van der Waals surface area (Å²) < 4.78 is 5.03. The second-order valence-corrected chi connectivity index (χ2v) is 4.96. The Bertz CT molecular complexity index is 544. The monoisotopic (exact) mass is 278 g/mol. The van der Waals surface area contributed by atoms with Gasteiger partial charge in [0, 0.05) is 19.5 Å². The second kappa shape index (κ2) is 6.35. The number of aromatic nitrogens is 3. The smallest absolute Gasteiger partial charge is 0.261 e. The lowest BCUT2D eigenvalue weighted by Crippen LogP contribution is -2.34. The molecule has 7 heteroatoms. The van der Waals surface area contributed by atoms with E-state index in [2.05, 4.69) is 15.2 Å². The van der Waals surface area contributed by atoms with Gasteiger partial charge in [0.15, 0.2) is 0 Å². The molecule has 0 unspecified atom stereocenters. The molecule has 0 saturated heterocycles. The summed E-state index contributed by atoms with van der Waals surface area (Å²) in [6.45, 7) is 2.72. The van der Waals surface area contributed by atoms with Crippen LogP contribution in [-0.4, -0.2) is 41.3 Å². The van der Waals surface area contributed by atoms with Crippen LogP contribution in [0.2, 0.25) is 0 Å². The molecule has 1 amide bonds. The first kappa shape index (κ1) is 13.6. The summed E-state index contributed by atoms with van der Waals surface area (Å²) in [5, 5.41) is 9.34. The fourth-order valence-corrected chi connectivity index (χ4v) is 2.22. The standard InChI is InChI=1S/C12H14N4O2S/c1-9-14-15-12(19-9)16(6-7-18-2)11(17)10-4-3-5-13-8-10/h3-5,8H,6-7H2,1-2H3. The molecule has 0 saturated carbocycles. The Kier molecular flexibility index (Phi) is 4.53. The number of pyridine rings is 1. The molecule has 0 aliphatic heterocycles. The van der Waals surface area contributed by atoms with Crippen molar-refractivity contribution in [2.45, 2.75) is 6.92 Å². The number of amides is 1. The highest BCUT2D eigenvalue weighted by molar-refractivity contribution is 7.15. The van der Waals surface area contributed by atoms with Crippen molar-refractivity contribution in [2.24, 2.45) is 0 Å². The first-order valence-corrected chi connectivity index (χ1v) is 6.55. The molecule has 0 atom stereocenters. The Morgan fingerprint density at radius 1 is 1.47 bits per heavy atom. The van der Waals surface area contributed by atoms with Gasteiger partial charge < -0.3 is 4.74 Å². The van der Waals surface area contributed by atoms with Gasteiger partial charge in [0.25, 0.3) is 5.91 Å². The summed E-state index contributed by atoms with van der Waals surface area (Å²) in [6.07, 6.45) is 3.17. The molecule has 0 aliphatic rings. The van der Waals surface area contributed by atoms with Crippen molar-refractivity contribution >= 4 is 22.4 Å². The zero-order chi connectivity index (χ0) is 13.7. The van der Waals surface area contributed by atoms with Gasteiger partial charge in [0.1, 0.15) is 5.01 Å². The number of anilines is 1. The van der Waals surface area contributed by atoms with Gasteiger partial charge >= 0.3 is 0 Å². The third-order valence-corrected chi connectivity index (χ3v) is 3.28. The Labute approximate surface area is 115 Å². The van der Waals surface area contributed by atoms with Crippen molar-refractivity contribution in [1.82, 2.24) is 15.2 Å². The van der Waals surface area contributed by atoms with Crippen molar-refractivity contribution in [3.05, 3.63) is 35.1 Å². The van der Waals surface area contributed by atoms with Crippen LogP contribution in [0.5, 0.6) is 0 Å². The number of ether oxygens (including phenoxy) is 1. The molecule has 0 aliphatic carbocycles. The van der Waals surface area contributed by atoms with Crippen molar-refractivity contribution in [3.8, 4) is 0 Å². The predicted octanol–water partition coefficient (Wildman–Crippen LogP) is 1.53. The van der Waals surface area contributed by atoms with Crippen LogP contribution < -0.4 is 4.90 Å². The largest absolute Gasteiger partial charge is 0.383 e. The van der Waals surface area contributed by atoms with Crippen LogP contribution in [0, 0.1) is 6.92 Å². The first-order valence-electron chi connectivity index (χ1n) is 5.73. The summed E-state index contributed by atoms with van der Waals surface area (Å²) in [7, 11) is 1.60. The van der Waals surface area contributed by atoms with E-state index in [9.17, 15) is 4.79 Å². The van der Waals surface area contributed by atoms with Gasteiger partial charge in [-0.1, -0.05) is 11.3 Å². The molecule has 0 radical (unpaired) electrons. The molecule has 6 nitrogen and oxygen atoms in total. The minimum atomic E-state index is -0.152. The Morgan fingerprint density at radius 3 is 2.89 bits per heavy atom. The van der Waals surface area contributed by atoms with E-state index in [0.29, 0.717) is 23.8 Å². The van der Waals surface area contributed by atoms with E-state index >= 15 is 0 Å².